The lowest BCUT2D eigenvalue weighted by Crippen LogP contribution is -2.28. The van der Waals surface area contributed by atoms with Crippen molar-refractivity contribution in [3.05, 3.63) is 24.3 Å². The molecule has 4 atom stereocenters. The minimum absolute atomic E-state index is 0.261. The molecule has 0 aliphatic heterocycles. The van der Waals surface area contributed by atoms with Crippen LogP contribution in [0.25, 0.3) is 0 Å². The average molecular weight is 254 g/mol. The fourth-order valence-corrected chi connectivity index (χ4v) is 2.46. The van der Waals surface area contributed by atoms with E-state index in [1.165, 1.54) is 0 Å². The molecule has 2 N–H and O–H groups in total. The molecule has 4 unspecified atom stereocenters. The molecule has 1 aliphatic rings. The van der Waals surface area contributed by atoms with Crippen LogP contribution in [0.15, 0.2) is 24.3 Å². The Hall–Kier alpha value is -0.640. The van der Waals surface area contributed by atoms with Crippen molar-refractivity contribution in [3.63, 3.8) is 0 Å². The number of rotatable bonds is 6. The lowest BCUT2D eigenvalue weighted by Gasteiger charge is -2.31. The van der Waals surface area contributed by atoms with Crippen molar-refractivity contribution < 1.29 is 15.3 Å². The largest absolute Gasteiger partial charge is 0.386 e. The molecular formula is C15H26O3. The van der Waals surface area contributed by atoms with Gasteiger partial charge in [-0.1, -0.05) is 25.7 Å². The van der Waals surface area contributed by atoms with Crippen LogP contribution in [0.1, 0.15) is 46.5 Å². The highest BCUT2D eigenvalue weighted by Gasteiger charge is 2.26. The highest BCUT2D eigenvalue weighted by molar-refractivity contribution is 5.06. The maximum absolute atomic E-state index is 9.85. The van der Waals surface area contributed by atoms with Gasteiger partial charge in [0.1, 0.15) is 6.10 Å². The Morgan fingerprint density at radius 3 is 2.67 bits per heavy atom. The highest BCUT2D eigenvalue weighted by atomic mass is 17.1. The molecule has 0 saturated carbocycles. The zero-order chi connectivity index (χ0) is 13.8. The lowest BCUT2D eigenvalue weighted by molar-refractivity contribution is -0.270. The predicted octanol–water partition coefficient (Wildman–Crippen LogP) is 3.55. The standard InChI is InChI=1S/C15H26O3/c1-11(2)14(18-17)6-5-12(3)13-7-9-15(4,16)10-8-13/h7,9,12-14,16-17H,1,5-6,8,10H2,2-4H3. The van der Waals surface area contributed by atoms with Crippen LogP contribution in [0.2, 0.25) is 0 Å². The first-order valence-corrected chi connectivity index (χ1v) is 6.73. The summed E-state index contributed by atoms with van der Waals surface area (Å²) in [5, 5.41) is 18.6. The molecule has 104 valence electrons. The summed E-state index contributed by atoms with van der Waals surface area (Å²) in [5.74, 6) is 1.03. The van der Waals surface area contributed by atoms with Gasteiger partial charge < -0.3 is 5.11 Å². The summed E-state index contributed by atoms with van der Waals surface area (Å²) >= 11 is 0. The Bertz CT molecular complexity index is 307. The van der Waals surface area contributed by atoms with Crippen molar-refractivity contribution in [2.24, 2.45) is 11.8 Å². The van der Waals surface area contributed by atoms with Gasteiger partial charge in [-0.25, -0.2) is 4.89 Å². The number of hydrogen-bond donors (Lipinski definition) is 2. The van der Waals surface area contributed by atoms with Gasteiger partial charge in [0.25, 0.3) is 0 Å². The Labute approximate surface area is 110 Å². The van der Waals surface area contributed by atoms with Crippen LogP contribution in [-0.2, 0) is 4.89 Å². The second kappa shape index (κ2) is 6.50. The molecular weight excluding hydrogens is 228 g/mol. The predicted molar refractivity (Wildman–Crippen MR) is 73.2 cm³/mol. The summed E-state index contributed by atoms with van der Waals surface area (Å²) in [6.45, 7) is 9.73. The Morgan fingerprint density at radius 2 is 2.22 bits per heavy atom. The molecule has 0 amide bonds. The SMILES string of the molecule is C=C(C)C(CCC(C)C1C=CC(C)(O)CC1)OO. The monoisotopic (exact) mass is 254 g/mol. The minimum Gasteiger partial charge on any atom is -0.386 e. The first kappa shape index (κ1) is 15.4. The molecule has 0 aromatic rings. The van der Waals surface area contributed by atoms with Gasteiger partial charge in [-0.3, -0.25) is 5.26 Å². The summed E-state index contributed by atoms with van der Waals surface area (Å²) < 4.78 is 0. The summed E-state index contributed by atoms with van der Waals surface area (Å²) in [5.41, 5.74) is 0.219. The van der Waals surface area contributed by atoms with E-state index in [2.05, 4.69) is 24.5 Å². The fraction of sp³-hybridized carbons (Fsp3) is 0.733. The highest BCUT2D eigenvalue weighted by Crippen LogP contribution is 2.32. The number of aliphatic hydroxyl groups is 1. The molecule has 0 radical (unpaired) electrons. The van der Waals surface area contributed by atoms with Crippen molar-refractivity contribution in [1.29, 1.82) is 0 Å². The van der Waals surface area contributed by atoms with E-state index in [0.717, 1.165) is 31.3 Å². The van der Waals surface area contributed by atoms with Gasteiger partial charge in [0.2, 0.25) is 0 Å². The fourth-order valence-electron chi connectivity index (χ4n) is 2.46. The molecule has 3 nitrogen and oxygen atoms in total. The normalized spacial score (nSPS) is 31.1. The summed E-state index contributed by atoms with van der Waals surface area (Å²) in [6, 6.07) is 0. The smallest absolute Gasteiger partial charge is 0.113 e. The molecule has 3 heteroatoms. The molecule has 18 heavy (non-hydrogen) atoms. The molecule has 0 aromatic carbocycles. The van der Waals surface area contributed by atoms with Crippen molar-refractivity contribution in [2.45, 2.75) is 58.2 Å². The van der Waals surface area contributed by atoms with E-state index in [0.29, 0.717) is 11.8 Å². The van der Waals surface area contributed by atoms with E-state index in [9.17, 15) is 5.11 Å². The molecule has 0 heterocycles. The van der Waals surface area contributed by atoms with Crippen LogP contribution in [0.4, 0.5) is 0 Å². The molecule has 1 aliphatic carbocycles. The average Bonchev–Trinajstić information content (AvgIpc) is 2.29. The first-order chi connectivity index (χ1) is 8.35. The van der Waals surface area contributed by atoms with Crippen molar-refractivity contribution >= 4 is 0 Å². The topological polar surface area (TPSA) is 49.7 Å². The van der Waals surface area contributed by atoms with Crippen LogP contribution >= 0.6 is 0 Å². The summed E-state index contributed by atoms with van der Waals surface area (Å²) in [4.78, 5) is 4.43. The minimum atomic E-state index is -0.634. The van der Waals surface area contributed by atoms with Gasteiger partial charge in [-0.15, -0.1) is 0 Å². The summed E-state index contributed by atoms with van der Waals surface area (Å²) in [7, 11) is 0. The molecule has 1 rings (SSSR count). The van der Waals surface area contributed by atoms with Gasteiger partial charge in [0, 0.05) is 0 Å². The lowest BCUT2D eigenvalue weighted by atomic mass is 9.78. The maximum atomic E-state index is 9.85. The molecule has 0 spiro atoms. The third kappa shape index (κ3) is 4.56. The second-order valence-electron chi connectivity index (χ2n) is 5.91. The molecule has 0 saturated heterocycles. The Kier molecular flexibility index (Phi) is 5.57. The third-order valence-electron chi connectivity index (χ3n) is 3.98. The van der Waals surface area contributed by atoms with Crippen LogP contribution in [0.5, 0.6) is 0 Å². The van der Waals surface area contributed by atoms with Crippen LogP contribution in [-0.4, -0.2) is 22.1 Å². The van der Waals surface area contributed by atoms with E-state index in [1.54, 1.807) is 0 Å². The van der Waals surface area contributed by atoms with Crippen LogP contribution in [0.3, 0.4) is 0 Å². The Morgan fingerprint density at radius 1 is 1.56 bits per heavy atom. The van der Waals surface area contributed by atoms with Crippen LogP contribution in [0, 0.1) is 11.8 Å². The maximum Gasteiger partial charge on any atom is 0.113 e. The van der Waals surface area contributed by atoms with Crippen LogP contribution < -0.4 is 0 Å². The van der Waals surface area contributed by atoms with Gasteiger partial charge in [-0.05, 0) is 56.9 Å². The van der Waals surface area contributed by atoms with E-state index in [-0.39, 0.29) is 6.10 Å². The summed E-state index contributed by atoms with van der Waals surface area (Å²) in [6.07, 6.45) is 7.38. The van der Waals surface area contributed by atoms with Gasteiger partial charge in [0.05, 0.1) is 5.60 Å². The second-order valence-corrected chi connectivity index (χ2v) is 5.91. The first-order valence-electron chi connectivity index (χ1n) is 6.73. The Balaban J connectivity index is 2.42. The van der Waals surface area contributed by atoms with Crippen molar-refractivity contribution in [3.8, 4) is 0 Å². The van der Waals surface area contributed by atoms with Crippen molar-refractivity contribution in [1.82, 2.24) is 0 Å². The number of hydrogen-bond acceptors (Lipinski definition) is 3. The molecule has 0 fully saturated rings. The molecule has 0 bridgehead atoms. The number of allylic oxidation sites excluding steroid dienone is 1. The van der Waals surface area contributed by atoms with E-state index >= 15 is 0 Å². The van der Waals surface area contributed by atoms with E-state index < -0.39 is 5.60 Å². The molecule has 0 aromatic heterocycles. The van der Waals surface area contributed by atoms with E-state index in [4.69, 9.17) is 5.26 Å². The van der Waals surface area contributed by atoms with Crippen molar-refractivity contribution in [2.75, 3.05) is 0 Å². The van der Waals surface area contributed by atoms with Gasteiger partial charge in [-0.2, -0.15) is 0 Å². The zero-order valence-corrected chi connectivity index (χ0v) is 11.7. The third-order valence-corrected chi connectivity index (χ3v) is 3.98. The van der Waals surface area contributed by atoms with Gasteiger partial charge >= 0.3 is 0 Å². The quantitative estimate of drug-likeness (QED) is 0.433. The zero-order valence-electron chi connectivity index (χ0n) is 11.7. The van der Waals surface area contributed by atoms with E-state index in [1.807, 2.05) is 19.9 Å². The van der Waals surface area contributed by atoms with Gasteiger partial charge in [0.15, 0.2) is 0 Å².